The number of hydrogen-bond donors (Lipinski definition) is 1. The van der Waals surface area contributed by atoms with Gasteiger partial charge in [-0.25, -0.2) is 0 Å². The fourth-order valence-electron chi connectivity index (χ4n) is 4.89. The molecule has 3 aromatic carbocycles. The number of pyridine rings is 1. The van der Waals surface area contributed by atoms with Gasteiger partial charge in [0, 0.05) is 30.2 Å². The van der Waals surface area contributed by atoms with Gasteiger partial charge in [-0.3, -0.25) is 19.5 Å². The van der Waals surface area contributed by atoms with Crippen molar-refractivity contribution in [2.45, 2.75) is 24.7 Å². The number of rotatable bonds is 6. The molecule has 0 radical (unpaired) electrons. The van der Waals surface area contributed by atoms with Gasteiger partial charge in [0.2, 0.25) is 5.91 Å². The maximum atomic E-state index is 13.9. The molecule has 0 bridgehead atoms. The lowest BCUT2D eigenvalue weighted by molar-refractivity contribution is -0.137. The third-order valence-corrected chi connectivity index (χ3v) is 6.72. The quantitative estimate of drug-likeness (QED) is 0.336. The first-order valence-electron chi connectivity index (χ1n) is 12.2. The van der Waals surface area contributed by atoms with Crippen LogP contribution in [0.25, 0.3) is 0 Å². The third-order valence-electron chi connectivity index (χ3n) is 6.72. The van der Waals surface area contributed by atoms with Crippen LogP contribution >= 0.6 is 0 Å². The zero-order chi connectivity index (χ0) is 27.6. The van der Waals surface area contributed by atoms with E-state index >= 15 is 0 Å². The monoisotopic (exact) mass is 531 g/mol. The summed E-state index contributed by atoms with van der Waals surface area (Å²) >= 11 is 0. The summed E-state index contributed by atoms with van der Waals surface area (Å²) in [4.78, 5) is 33.5. The minimum atomic E-state index is -4.49. The van der Waals surface area contributed by atoms with E-state index < -0.39 is 29.6 Å². The Bertz CT molecular complexity index is 1490. The van der Waals surface area contributed by atoms with Crippen LogP contribution in [0.5, 0.6) is 5.75 Å². The molecule has 1 aromatic heterocycles. The Labute approximate surface area is 223 Å². The number of hydrogen-bond acceptors (Lipinski definition) is 4. The topological polar surface area (TPSA) is 71.5 Å². The number of fused-ring (bicyclic) bond motifs is 1. The predicted octanol–water partition coefficient (Wildman–Crippen LogP) is 5.91. The molecule has 0 aliphatic carbocycles. The van der Waals surface area contributed by atoms with Crippen LogP contribution in [0.1, 0.15) is 44.6 Å². The maximum absolute atomic E-state index is 13.9. The van der Waals surface area contributed by atoms with Gasteiger partial charge in [-0.1, -0.05) is 36.4 Å². The van der Waals surface area contributed by atoms with Crippen LogP contribution in [0.2, 0.25) is 0 Å². The summed E-state index contributed by atoms with van der Waals surface area (Å²) in [6.07, 6.45) is -1.29. The molecule has 5 rings (SSSR count). The third kappa shape index (κ3) is 5.20. The minimum absolute atomic E-state index is 0.113. The molecule has 39 heavy (non-hydrogen) atoms. The summed E-state index contributed by atoms with van der Waals surface area (Å²) in [6, 6.07) is 21.4. The summed E-state index contributed by atoms with van der Waals surface area (Å²) in [5.74, 6) is -0.973. The molecule has 0 spiro atoms. The first-order valence-corrected chi connectivity index (χ1v) is 12.2. The average Bonchev–Trinajstić information content (AvgIpc) is 2.96. The van der Waals surface area contributed by atoms with Gasteiger partial charge in [0.1, 0.15) is 5.75 Å². The second-order valence-corrected chi connectivity index (χ2v) is 9.09. The van der Waals surface area contributed by atoms with Gasteiger partial charge in [0.25, 0.3) is 5.91 Å². The SMILES string of the molecule is COc1ccc(N2C(=O)c3ccccc3[C@H](C(=O)NCc3cccc(C(F)(F)F)c3)[C@H]2c2cccnc2)cc1. The number of amides is 2. The Morgan fingerprint density at radius 2 is 1.77 bits per heavy atom. The molecule has 9 heteroatoms. The van der Waals surface area contributed by atoms with E-state index in [-0.39, 0.29) is 12.5 Å². The molecule has 4 aromatic rings. The summed E-state index contributed by atoms with van der Waals surface area (Å²) in [6.45, 7) is -0.113. The number of nitrogens with zero attached hydrogens (tertiary/aromatic N) is 2. The van der Waals surface area contributed by atoms with E-state index in [1.54, 1.807) is 85.1 Å². The Morgan fingerprint density at radius 3 is 2.46 bits per heavy atom. The highest BCUT2D eigenvalue weighted by Gasteiger charge is 2.45. The number of methoxy groups -OCH3 is 1. The van der Waals surface area contributed by atoms with Crippen molar-refractivity contribution in [2.75, 3.05) is 12.0 Å². The molecular formula is C30H24F3N3O3. The molecule has 6 nitrogen and oxygen atoms in total. The Kier molecular flexibility index (Phi) is 7.06. The lowest BCUT2D eigenvalue weighted by Gasteiger charge is -2.41. The van der Waals surface area contributed by atoms with Crippen LogP contribution in [0.3, 0.4) is 0 Å². The summed E-state index contributed by atoms with van der Waals surface area (Å²) in [5, 5.41) is 2.81. The van der Waals surface area contributed by atoms with Gasteiger partial charge in [0.15, 0.2) is 0 Å². The summed E-state index contributed by atoms with van der Waals surface area (Å²) in [5.41, 5.74) is 1.61. The molecular weight excluding hydrogens is 507 g/mol. The van der Waals surface area contributed by atoms with Crippen LogP contribution in [-0.2, 0) is 17.5 Å². The van der Waals surface area contributed by atoms with Crippen molar-refractivity contribution in [2.24, 2.45) is 0 Å². The van der Waals surface area contributed by atoms with Crippen molar-refractivity contribution in [3.05, 3.63) is 125 Å². The first-order chi connectivity index (χ1) is 18.8. The van der Waals surface area contributed by atoms with E-state index in [0.29, 0.717) is 33.7 Å². The second-order valence-electron chi connectivity index (χ2n) is 9.09. The number of anilines is 1. The number of aromatic nitrogens is 1. The minimum Gasteiger partial charge on any atom is -0.497 e. The predicted molar refractivity (Wildman–Crippen MR) is 139 cm³/mol. The van der Waals surface area contributed by atoms with E-state index in [1.807, 2.05) is 0 Å². The van der Waals surface area contributed by atoms with Gasteiger partial charge in [-0.15, -0.1) is 0 Å². The van der Waals surface area contributed by atoms with Crippen LogP contribution in [0, 0.1) is 0 Å². The zero-order valence-electron chi connectivity index (χ0n) is 20.9. The smallest absolute Gasteiger partial charge is 0.416 e. The van der Waals surface area contributed by atoms with Crippen molar-refractivity contribution in [1.82, 2.24) is 10.3 Å². The number of halogens is 3. The van der Waals surface area contributed by atoms with E-state index in [4.69, 9.17) is 4.74 Å². The molecule has 1 aliphatic rings. The number of carbonyl (C=O) groups is 2. The van der Waals surface area contributed by atoms with Crippen molar-refractivity contribution in [1.29, 1.82) is 0 Å². The molecule has 198 valence electrons. The van der Waals surface area contributed by atoms with Crippen molar-refractivity contribution >= 4 is 17.5 Å². The van der Waals surface area contributed by atoms with Gasteiger partial charge in [-0.05, 0) is 65.2 Å². The Morgan fingerprint density at radius 1 is 1.00 bits per heavy atom. The van der Waals surface area contributed by atoms with E-state index in [1.165, 1.54) is 12.1 Å². The van der Waals surface area contributed by atoms with E-state index in [9.17, 15) is 22.8 Å². The fraction of sp³-hybridized carbons (Fsp3) is 0.167. The van der Waals surface area contributed by atoms with E-state index in [2.05, 4.69) is 10.3 Å². The molecule has 2 heterocycles. The number of nitrogens with one attached hydrogen (secondary N) is 1. The average molecular weight is 532 g/mol. The Hall–Kier alpha value is -4.66. The molecule has 1 aliphatic heterocycles. The molecule has 0 saturated heterocycles. The molecule has 1 N–H and O–H groups in total. The number of ether oxygens (including phenoxy) is 1. The summed E-state index contributed by atoms with van der Waals surface area (Å²) < 4.78 is 44.9. The maximum Gasteiger partial charge on any atom is 0.416 e. The van der Waals surface area contributed by atoms with Crippen molar-refractivity contribution < 1.29 is 27.5 Å². The molecule has 0 fully saturated rings. The lowest BCUT2D eigenvalue weighted by Crippen LogP contribution is -2.47. The lowest BCUT2D eigenvalue weighted by atomic mass is 9.79. The fourth-order valence-corrected chi connectivity index (χ4v) is 4.89. The van der Waals surface area contributed by atoms with Gasteiger partial charge in [0.05, 0.1) is 24.6 Å². The first kappa shape index (κ1) is 26.0. The second kappa shape index (κ2) is 10.6. The van der Waals surface area contributed by atoms with Gasteiger partial charge in [-0.2, -0.15) is 13.2 Å². The molecule has 2 atom stereocenters. The standard InChI is InChI=1S/C30H24F3N3O3/c1-39-23-13-11-22(12-14-23)36-27(20-7-5-15-34-18-20)26(24-9-2-3-10-25(24)29(36)38)28(37)35-17-19-6-4-8-21(16-19)30(31,32)33/h2-16,18,26-27H,17H2,1H3,(H,35,37)/t26-,27+/m0/s1. The largest absolute Gasteiger partial charge is 0.497 e. The van der Waals surface area contributed by atoms with Crippen molar-refractivity contribution in [3.8, 4) is 5.75 Å². The Balaban J connectivity index is 1.57. The molecule has 0 unspecified atom stereocenters. The van der Waals surface area contributed by atoms with Gasteiger partial charge < -0.3 is 10.1 Å². The number of carbonyl (C=O) groups excluding carboxylic acids is 2. The number of alkyl halides is 3. The zero-order valence-corrected chi connectivity index (χ0v) is 20.9. The van der Waals surface area contributed by atoms with Crippen LogP contribution in [0.15, 0.2) is 97.3 Å². The summed E-state index contributed by atoms with van der Waals surface area (Å²) in [7, 11) is 1.54. The highest BCUT2D eigenvalue weighted by Crippen LogP contribution is 2.45. The van der Waals surface area contributed by atoms with Gasteiger partial charge >= 0.3 is 6.18 Å². The van der Waals surface area contributed by atoms with Crippen molar-refractivity contribution in [3.63, 3.8) is 0 Å². The highest BCUT2D eigenvalue weighted by molar-refractivity contribution is 6.11. The number of benzene rings is 3. The highest BCUT2D eigenvalue weighted by atomic mass is 19.4. The van der Waals surface area contributed by atoms with E-state index in [0.717, 1.165) is 12.1 Å². The van der Waals surface area contributed by atoms with Crippen LogP contribution < -0.4 is 15.0 Å². The molecule has 2 amide bonds. The van der Waals surface area contributed by atoms with Crippen LogP contribution in [0.4, 0.5) is 18.9 Å². The molecule has 0 saturated carbocycles. The normalized spacial score (nSPS) is 16.9. The van der Waals surface area contributed by atoms with Crippen LogP contribution in [-0.4, -0.2) is 23.9 Å².